The molecule has 92 valence electrons. The molecule has 1 amide bonds. The minimum Gasteiger partial charge on any atom is -0.320 e. The number of nitrogens with one attached hydrogen (secondary N) is 1. The molecule has 0 aliphatic carbocycles. The molecule has 1 aliphatic rings. The van der Waals surface area contributed by atoms with Crippen LogP contribution in [0.15, 0.2) is 34.9 Å². The van der Waals surface area contributed by atoms with E-state index in [1.54, 1.807) is 0 Å². The summed E-state index contributed by atoms with van der Waals surface area (Å²) in [7, 11) is 0. The summed E-state index contributed by atoms with van der Waals surface area (Å²) in [5, 5.41) is 12.7. The third-order valence-corrected chi connectivity index (χ3v) is 3.77. The molecule has 18 heavy (non-hydrogen) atoms. The highest BCUT2D eigenvalue weighted by Crippen LogP contribution is 2.35. The lowest BCUT2D eigenvalue weighted by Gasteiger charge is -2.24. The minimum absolute atomic E-state index is 0.0241. The zero-order chi connectivity index (χ0) is 13.1. The summed E-state index contributed by atoms with van der Waals surface area (Å²) in [5.41, 5.74) is 2.86. The first-order valence-corrected chi connectivity index (χ1v) is 6.93. The zero-order valence-electron chi connectivity index (χ0n) is 10.4. The van der Waals surface area contributed by atoms with Crippen LogP contribution in [0.4, 0.5) is 0 Å². The van der Waals surface area contributed by atoms with E-state index in [4.69, 9.17) is 0 Å². The second-order valence-electron chi connectivity index (χ2n) is 4.27. The van der Waals surface area contributed by atoms with E-state index < -0.39 is 0 Å². The minimum atomic E-state index is -0.119. The predicted molar refractivity (Wildman–Crippen MR) is 72.8 cm³/mol. The Labute approximate surface area is 111 Å². The van der Waals surface area contributed by atoms with Crippen molar-refractivity contribution >= 4 is 17.7 Å². The molecule has 0 bridgehead atoms. The highest BCUT2D eigenvalue weighted by atomic mass is 32.2. The Morgan fingerprint density at radius 3 is 2.61 bits per heavy atom. The van der Waals surface area contributed by atoms with Crippen molar-refractivity contribution in [2.24, 2.45) is 0 Å². The van der Waals surface area contributed by atoms with E-state index in [9.17, 15) is 10.1 Å². The molecule has 0 unspecified atom stereocenters. The first kappa shape index (κ1) is 12.7. The molecule has 1 aliphatic heterocycles. The van der Waals surface area contributed by atoms with Gasteiger partial charge in [-0.25, -0.2) is 0 Å². The van der Waals surface area contributed by atoms with E-state index in [1.165, 1.54) is 17.3 Å². The Morgan fingerprint density at radius 2 is 2.06 bits per heavy atom. The topological polar surface area (TPSA) is 52.9 Å². The fraction of sp³-hybridized carbons (Fsp3) is 0.286. The van der Waals surface area contributed by atoms with E-state index in [0.717, 1.165) is 5.56 Å². The normalized spacial score (nSPS) is 19.4. The largest absolute Gasteiger partial charge is 0.320 e. The first-order valence-electron chi connectivity index (χ1n) is 5.70. The Balaban J connectivity index is 2.45. The number of hydrogen-bond donors (Lipinski definition) is 1. The molecule has 0 aromatic heterocycles. The van der Waals surface area contributed by atoms with Gasteiger partial charge in [0.05, 0.1) is 16.7 Å². The van der Waals surface area contributed by atoms with Gasteiger partial charge in [0.2, 0.25) is 5.91 Å². The number of carbonyl (C=O) groups is 1. The van der Waals surface area contributed by atoms with E-state index in [-0.39, 0.29) is 11.8 Å². The van der Waals surface area contributed by atoms with Gasteiger partial charge >= 0.3 is 0 Å². The van der Waals surface area contributed by atoms with E-state index in [0.29, 0.717) is 17.0 Å². The summed E-state index contributed by atoms with van der Waals surface area (Å²) in [6.45, 7) is 2.02. The van der Waals surface area contributed by atoms with Gasteiger partial charge in [-0.05, 0) is 18.7 Å². The van der Waals surface area contributed by atoms with Crippen molar-refractivity contribution in [1.29, 1.82) is 5.26 Å². The number of nitriles is 1. The lowest BCUT2D eigenvalue weighted by atomic mass is 9.87. The molecule has 4 heteroatoms. The van der Waals surface area contributed by atoms with Crippen LogP contribution in [0.3, 0.4) is 0 Å². The molecule has 2 rings (SSSR count). The maximum Gasteiger partial charge on any atom is 0.225 e. The van der Waals surface area contributed by atoms with Crippen molar-refractivity contribution in [1.82, 2.24) is 5.32 Å². The molecule has 1 aromatic carbocycles. The number of carbonyl (C=O) groups excluding carboxylic acids is 1. The van der Waals surface area contributed by atoms with Crippen LogP contribution in [0, 0.1) is 18.3 Å². The maximum atomic E-state index is 11.7. The Bertz CT molecular complexity index is 540. The Kier molecular flexibility index (Phi) is 3.73. The van der Waals surface area contributed by atoms with Crippen LogP contribution in [0.25, 0.3) is 0 Å². The molecule has 0 fully saturated rings. The van der Waals surface area contributed by atoms with Gasteiger partial charge in [-0.2, -0.15) is 5.26 Å². The third kappa shape index (κ3) is 2.41. The number of hydrogen-bond acceptors (Lipinski definition) is 3. The molecule has 0 saturated heterocycles. The average molecular weight is 258 g/mol. The summed E-state index contributed by atoms with van der Waals surface area (Å²) in [6.07, 6.45) is 2.21. The third-order valence-electron chi connectivity index (χ3n) is 3.04. The lowest BCUT2D eigenvalue weighted by Crippen LogP contribution is -2.30. The molecule has 1 heterocycles. The summed E-state index contributed by atoms with van der Waals surface area (Å²) < 4.78 is 0. The fourth-order valence-corrected chi connectivity index (χ4v) is 2.69. The number of thioether (sulfide) groups is 1. The van der Waals surface area contributed by atoms with Crippen LogP contribution in [-0.2, 0) is 4.79 Å². The van der Waals surface area contributed by atoms with Gasteiger partial charge in [-0.15, -0.1) is 11.8 Å². The summed E-state index contributed by atoms with van der Waals surface area (Å²) in [5.74, 6) is -0.143. The monoisotopic (exact) mass is 258 g/mol. The van der Waals surface area contributed by atoms with E-state index >= 15 is 0 Å². The molecule has 1 atom stereocenters. The van der Waals surface area contributed by atoms with E-state index in [1.807, 2.05) is 37.4 Å². The Hall–Kier alpha value is -1.73. The molecule has 0 spiro atoms. The standard InChI is InChI=1S/C14H14N2OS/c1-9-3-5-10(6-4-9)11-7-13(17)16-14(18-2)12(11)8-15/h3-6,11H,7H2,1-2H3,(H,16,17)/t11-/m0/s1. The van der Waals surface area contributed by atoms with Gasteiger partial charge in [0.15, 0.2) is 0 Å². The maximum absolute atomic E-state index is 11.7. The van der Waals surface area contributed by atoms with Crippen LogP contribution in [0.5, 0.6) is 0 Å². The number of nitrogens with zero attached hydrogens (tertiary/aromatic N) is 1. The highest BCUT2D eigenvalue weighted by molar-refractivity contribution is 8.02. The summed E-state index contributed by atoms with van der Waals surface area (Å²) in [4.78, 5) is 11.7. The van der Waals surface area contributed by atoms with Crippen molar-refractivity contribution in [3.8, 4) is 6.07 Å². The summed E-state index contributed by atoms with van der Waals surface area (Å²) in [6, 6.07) is 10.2. The number of benzene rings is 1. The summed E-state index contributed by atoms with van der Waals surface area (Å²) >= 11 is 1.41. The molecule has 1 N–H and O–H groups in total. The van der Waals surface area contributed by atoms with Crippen molar-refractivity contribution in [3.05, 3.63) is 46.0 Å². The SMILES string of the molecule is CSC1=C(C#N)[C@H](c2ccc(C)cc2)CC(=O)N1. The van der Waals surface area contributed by atoms with Gasteiger partial charge < -0.3 is 5.32 Å². The molecule has 3 nitrogen and oxygen atoms in total. The quantitative estimate of drug-likeness (QED) is 0.887. The lowest BCUT2D eigenvalue weighted by molar-refractivity contribution is -0.120. The van der Waals surface area contributed by atoms with Crippen molar-refractivity contribution < 1.29 is 4.79 Å². The zero-order valence-corrected chi connectivity index (χ0v) is 11.2. The molecular formula is C14H14N2OS. The van der Waals surface area contributed by atoms with Crippen LogP contribution in [0.2, 0.25) is 0 Å². The molecular weight excluding hydrogens is 244 g/mol. The number of allylic oxidation sites excluding steroid dienone is 1. The van der Waals surface area contributed by atoms with Crippen molar-refractivity contribution in [3.63, 3.8) is 0 Å². The van der Waals surface area contributed by atoms with E-state index in [2.05, 4.69) is 11.4 Å². The number of rotatable bonds is 2. The van der Waals surface area contributed by atoms with Crippen LogP contribution in [-0.4, -0.2) is 12.2 Å². The average Bonchev–Trinajstić information content (AvgIpc) is 2.38. The van der Waals surface area contributed by atoms with Crippen molar-refractivity contribution in [2.75, 3.05) is 6.26 Å². The second kappa shape index (κ2) is 5.28. The first-order chi connectivity index (χ1) is 8.65. The van der Waals surface area contributed by atoms with Crippen LogP contribution < -0.4 is 5.32 Å². The van der Waals surface area contributed by atoms with Gasteiger partial charge in [-0.3, -0.25) is 4.79 Å². The second-order valence-corrected chi connectivity index (χ2v) is 5.09. The molecule has 0 radical (unpaired) electrons. The van der Waals surface area contributed by atoms with Gasteiger partial charge in [0, 0.05) is 12.3 Å². The molecule has 1 aromatic rings. The van der Waals surface area contributed by atoms with Crippen molar-refractivity contribution in [2.45, 2.75) is 19.3 Å². The fourth-order valence-electron chi connectivity index (χ4n) is 2.06. The molecule has 0 saturated carbocycles. The smallest absolute Gasteiger partial charge is 0.225 e. The van der Waals surface area contributed by atoms with Crippen LogP contribution in [0.1, 0.15) is 23.5 Å². The predicted octanol–water partition coefficient (Wildman–Crippen LogP) is 2.70. The van der Waals surface area contributed by atoms with Crippen LogP contribution >= 0.6 is 11.8 Å². The number of amides is 1. The highest BCUT2D eigenvalue weighted by Gasteiger charge is 2.28. The van der Waals surface area contributed by atoms with Gasteiger partial charge in [0.25, 0.3) is 0 Å². The van der Waals surface area contributed by atoms with Gasteiger partial charge in [0.1, 0.15) is 0 Å². The Morgan fingerprint density at radius 1 is 1.39 bits per heavy atom. The van der Waals surface area contributed by atoms with Gasteiger partial charge in [-0.1, -0.05) is 29.8 Å². The number of aryl methyl sites for hydroxylation is 1.